The molecular formula is C11H13F4NO2. The van der Waals surface area contributed by atoms with Crippen molar-refractivity contribution in [3.8, 4) is 0 Å². The van der Waals surface area contributed by atoms with Crippen LogP contribution in [0.3, 0.4) is 0 Å². The summed E-state index contributed by atoms with van der Waals surface area (Å²) in [5.41, 5.74) is 5.50. The van der Waals surface area contributed by atoms with E-state index in [0.717, 1.165) is 0 Å². The maximum Gasteiger partial charge on any atom is 0.490 e. The maximum atomic E-state index is 13.2. The van der Waals surface area contributed by atoms with Crippen LogP contribution < -0.4 is 5.73 Å². The Balaban J connectivity index is 0.000000360. The zero-order valence-electron chi connectivity index (χ0n) is 9.75. The Morgan fingerprint density at radius 1 is 1.11 bits per heavy atom. The van der Waals surface area contributed by atoms with E-state index in [0.29, 0.717) is 11.3 Å². The number of halogens is 4. The van der Waals surface area contributed by atoms with Crippen LogP contribution in [0.5, 0.6) is 0 Å². The first kappa shape index (κ1) is 16.2. The molecule has 0 saturated heterocycles. The van der Waals surface area contributed by atoms with Crippen LogP contribution in [0, 0.1) is 0 Å². The smallest absolute Gasteiger partial charge is 0.475 e. The summed E-state index contributed by atoms with van der Waals surface area (Å²) in [6, 6.07) is 6.82. The lowest BCUT2D eigenvalue weighted by Gasteiger charge is -2.13. The van der Waals surface area contributed by atoms with Crippen molar-refractivity contribution in [1.82, 2.24) is 0 Å². The number of aliphatic carboxylic acids is 1. The molecule has 102 valence electrons. The summed E-state index contributed by atoms with van der Waals surface area (Å²) in [6.07, 6.45) is -5.08. The Labute approximate surface area is 101 Å². The van der Waals surface area contributed by atoms with E-state index in [1.165, 1.54) is 13.8 Å². The molecule has 0 aliphatic rings. The molecule has 18 heavy (non-hydrogen) atoms. The molecule has 1 aromatic rings. The zero-order chi connectivity index (χ0) is 14.6. The number of alkyl halides is 4. The molecule has 0 amide bonds. The van der Waals surface area contributed by atoms with E-state index in [4.69, 9.17) is 15.6 Å². The zero-order valence-corrected chi connectivity index (χ0v) is 9.75. The van der Waals surface area contributed by atoms with Crippen LogP contribution in [0.1, 0.15) is 19.4 Å². The summed E-state index contributed by atoms with van der Waals surface area (Å²) in [5.74, 6) is -2.76. The number of nitrogen functional groups attached to an aromatic ring is 1. The van der Waals surface area contributed by atoms with Crippen LogP contribution in [0.4, 0.5) is 23.2 Å². The molecule has 0 saturated carbocycles. The van der Waals surface area contributed by atoms with Gasteiger partial charge in [-0.05, 0) is 31.5 Å². The second kappa shape index (κ2) is 5.70. The second-order valence-electron chi connectivity index (χ2n) is 3.90. The molecule has 0 unspecified atom stereocenters. The van der Waals surface area contributed by atoms with E-state index in [-0.39, 0.29) is 0 Å². The Morgan fingerprint density at radius 3 is 1.67 bits per heavy atom. The van der Waals surface area contributed by atoms with Crippen LogP contribution in [0.2, 0.25) is 0 Å². The number of anilines is 1. The van der Waals surface area contributed by atoms with Gasteiger partial charge in [0.1, 0.15) is 5.67 Å². The number of hydrogen-bond acceptors (Lipinski definition) is 2. The Morgan fingerprint density at radius 2 is 1.44 bits per heavy atom. The third-order valence-corrected chi connectivity index (χ3v) is 1.84. The molecule has 7 heteroatoms. The van der Waals surface area contributed by atoms with Crippen molar-refractivity contribution in [1.29, 1.82) is 0 Å². The maximum absolute atomic E-state index is 13.2. The van der Waals surface area contributed by atoms with Crippen LogP contribution in [0.25, 0.3) is 0 Å². The van der Waals surface area contributed by atoms with Crippen LogP contribution in [-0.2, 0) is 10.5 Å². The molecule has 3 nitrogen and oxygen atoms in total. The first-order valence-electron chi connectivity index (χ1n) is 4.79. The highest BCUT2D eigenvalue weighted by atomic mass is 19.4. The molecule has 0 atom stereocenters. The number of carboxylic acids is 1. The minimum atomic E-state index is -5.08. The molecule has 0 aromatic heterocycles. The fraction of sp³-hybridized carbons (Fsp3) is 0.364. The molecule has 0 aliphatic carbocycles. The number of rotatable bonds is 1. The number of benzene rings is 1. The molecular weight excluding hydrogens is 254 g/mol. The van der Waals surface area contributed by atoms with Gasteiger partial charge in [0.25, 0.3) is 0 Å². The predicted octanol–water partition coefficient (Wildman–Crippen LogP) is 3.11. The van der Waals surface area contributed by atoms with Gasteiger partial charge in [-0.25, -0.2) is 9.18 Å². The summed E-state index contributed by atoms with van der Waals surface area (Å²) < 4.78 is 44.9. The highest BCUT2D eigenvalue weighted by Gasteiger charge is 2.38. The summed E-state index contributed by atoms with van der Waals surface area (Å²) in [5, 5.41) is 7.12. The van der Waals surface area contributed by atoms with Crippen molar-refractivity contribution < 1.29 is 27.5 Å². The van der Waals surface area contributed by atoms with Gasteiger partial charge >= 0.3 is 12.1 Å². The van der Waals surface area contributed by atoms with Gasteiger partial charge in [0.05, 0.1) is 0 Å². The predicted molar refractivity (Wildman–Crippen MR) is 58.7 cm³/mol. The third kappa shape index (κ3) is 6.07. The normalized spacial score (nSPS) is 11.4. The Bertz CT molecular complexity index is 393. The standard InChI is InChI=1S/C9H12FN.C2HF3O2/c1-9(2,10)7-3-5-8(11)6-4-7;3-2(4,5)1(6)7/h3-6H,11H2,1-2H3;(H,6,7). The minimum Gasteiger partial charge on any atom is -0.475 e. The van der Waals surface area contributed by atoms with Crippen molar-refractivity contribution in [3.05, 3.63) is 29.8 Å². The summed E-state index contributed by atoms with van der Waals surface area (Å²) >= 11 is 0. The molecule has 0 fully saturated rings. The van der Waals surface area contributed by atoms with E-state index in [1.54, 1.807) is 24.3 Å². The average molecular weight is 267 g/mol. The third-order valence-electron chi connectivity index (χ3n) is 1.84. The Hall–Kier alpha value is -1.79. The van der Waals surface area contributed by atoms with E-state index < -0.39 is 17.8 Å². The molecule has 0 aliphatic heterocycles. The summed E-state index contributed by atoms with van der Waals surface area (Å²) in [4.78, 5) is 8.90. The van der Waals surface area contributed by atoms with Gasteiger partial charge in [0, 0.05) is 5.69 Å². The van der Waals surface area contributed by atoms with Gasteiger partial charge in [-0.3, -0.25) is 0 Å². The van der Waals surface area contributed by atoms with Gasteiger partial charge in [-0.15, -0.1) is 0 Å². The molecule has 0 spiro atoms. The van der Waals surface area contributed by atoms with E-state index in [1.807, 2.05) is 0 Å². The lowest BCUT2D eigenvalue weighted by Crippen LogP contribution is -2.21. The molecule has 0 heterocycles. The molecule has 1 aromatic carbocycles. The largest absolute Gasteiger partial charge is 0.490 e. The van der Waals surface area contributed by atoms with E-state index >= 15 is 0 Å². The number of carbonyl (C=O) groups is 1. The average Bonchev–Trinajstić information content (AvgIpc) is 2.16. The van der Waals surface area contributed by atoms with Crippen molar-refractivity contribution in [3.63, 3.8) is 0 Å². The van der Waals surface area contributed by atoms with Gasteiger partial charge < -0.3 is 10.8 Å². The number of carboxylic acid groups (broad SMARTS) is 1. The van der Waals surface area contributed by atoms with Crippen molar-refractivity contribution in [2.75, 3.05) is 5.73 Å². The molecule has 0 radical (unpaired) electrons. The second-order valence-corrected chi connectivity index (χ2v) is 3.90. The summed E-state index contributed by atoms with van der Waals surface area (Å²) in [7, 11) is 0. The fourth-order valence-electron chi connectivity index (χ4n) is 0.879. The first-order valence-corrected chi connectivity index (χ1v) is 4.79. The van der Waals surface area contributed by atoms with Crippen LogP contribution in [-0.4, -0.2) is 17.3 Å². The van der Waals surface area contributed by atoms with Crippen LogP contribution in [0.15, 0.2) is 24.3 Å². The van der Waals surface area contributed by atoms with Gasteiger partial charge in [0.2, 0.25) is 0 Å². The molecule has 1 rings (SSSR count). The van der Waals surface area contributed by atoms with E-state index in [9.17, 15) is 17.6 Å². The monoisotopic (exact) mass is 267 g/mol. The molecule has 3 N–H and O–H groups in total. The Kier molecular flexibility index (Phi) is 5.13. The minimum absolute atomic E-state index is 0.659. The van der Waals surface area contributed by atoms with Gasteiger partial charge in [-0.2, -0.15) is 13.2 Å². The van der Waals surface area contributed by atoms with Crippen molar-refractivity contribution in [2.45, 2.75) is 25.7 Å². The highest BCUT2D eigenvalue weighted by molar-refractivity contribution is 5.73. The SMILES string of the molecule is CC(C)(F)c1ccc(N)cc1.O=C(O)C(F)(F)F. The lowest BCUT2D eigenvalue weighted by atomic mass is 10.0. The lowest BCUT2D eigenvalue weighted by molar-refractivity contribution is -0.192. The molecule has 0 bridgehead atoms. The van der Waals surface area contributed by atoms with Gasteiger partial charge in [-0.1, -0.05) is 12.1 Å². The van der Waals surface area contributed by atoms with Gasteiger partial charge in [0.15, 0.2) is 0 Å². The summed E-state index contributed by atoms with van der Waals surface area (Å²) in [6.45, 7) is 3.05. The fourth-order valence-corrected chi connectivity index (χ4v) is 0.879. The number of nitrogens with two attached hydrogens (primary N) is 1. The number of hydrogen-bond donors (Lipinski definition) is 2. The van der Waals surface area contributed by atoms with E-state index in [2.05, 4.69) is 0 Å². The topological polar surface area (TPSA) is 63.3 Å². The highest BCUT2D eigenvalue weighted by Crippen LogP contribution is 2.24. The quantitative estimate of drug-likeness (QED) is 0.607. The van der Waals surface area contributed by atoms with Crippen molar-refractivity contribution >= 4 is 11.7 Å². The van der Waals surface area contributed by atoms with Crippen LogP contribution >= 0.6 is 0 Å². The van der Waals surface area contributed by atoms with Crippen molar-refractivity contribution in [2.24, 2.45) is 0 Å². The first-order chi connectivity index (χ1) is 7.94.